The number of hydrogen-bond acceptors (Lipinski definition) is 4. The van der Waals surface area contributed by atoms with E-state index in [2.05, 4.69) is 15.4 Å². The molecule has 0 aromatic heterocycles. The van der Waals surface area contributed by atoms with Crippen LogP contribution >= 0.6 is 11.6 Å². The first-order valence-corrected chi connectivity index (χ1v) is 8.34. The molecular weight excluding hydrogens is 332 g/mol. The van der Waals surface area contributed by atoms with Crippen LogP contribution in [0.4, 0.5) is 5.69 Å². The maximum atomic E-state index is 12.0. The molecule has 0 saturated heterocycles. The van der Waals surface area contributed by atoms with E-state index < -0.39 is 11.9 Å². The van der Waals surface area contributed by atoms with Crippen molar-refractivity contribution in [3.05, 3.63) is 28.8 Å². The molecule has 0 radical (unpaired) electrons. The fourth-order valence-electron chi connectivity index (χ4n) is 2.74. The third kappa shape index (κ3) is 4.96. The van der Waals surface area contributed by atoms with Gasteiger partial charge in [-0.25, -0.2) is 4.79 Å². The topological polar surface area (TPSA) is 84.5 Å². The van der Waals surface area contributed by atoms with Crippen molar-refractivity contribution < 1.29 is 19.1 Å². The molecule has 130 valence electrons. The smallest absolute Gasteiger partial charge is 0.337 e. The first kappa shape index (κ1) is 18.3. The predicted molar refractivity (Wildman–Crippen MR) is 91.0 cm³/mol. The van der Waals surface area contributed by atoms with Crippen molar-refractivity contribution in [1.82, 2.24) is 5.32 Å². The number of hydrogen-bond donors (Lipinski definition) is 2. The second-order valence-corrected chi connectivity index (χ2v) is 6.19. The number of carbonyl (C=O) groups is 3. The van der Waals surface area contributed by atoms with Crippen LogP contribution in [0.2, 0.25) is 5.02 Å². The Balaban J connectivity index is 1.89. The number of rotatable bonds is 5. The molecule has 1 aromatic carbocycles. The van der Waals surface area contributed by atoms with Crippen LogP contribution in [0.15, 0.2) is 18.2 Å². The Labute approximate surface area is 145 Å². The van der Waals surface area contributed by atoms with Gasteiger partial charge in [0.2, 0.25) is 11.8 Å². The highest BCUT2D eigenvalue weighted by molar-refractivity contribution is 6.33. The van der Waals surface area contributed by atoms with Crippen LogP contribution in [0.1, 0.15) is 42.5 Å². The minimum Gasteiger partial charge on any atom is -0.465 e. The number of halogens is 1. The molecule has 0 bridgehead atoms. The number of ether oxygens (including phenoxy) is 1. The van der Waals surface area contributed by atoms with Crippen molar-refractivity contribution in [1.29, 1.82) is 0 Å². The number of anilines is 1. The maximum Gasteiger partial charge on any atom is 0.337 e. The van der Waals surface area contributed by atoms with Gasteiger partial charge in [0.05, 0.1) is 29.9 Å². The Kier molecular flexibility index (Phi) is 6.61. The lowest BCUT2D eigenvalue weighted by Gasteiger charge is -2.20. The summed E-state index contributed by atoms with van der Waals surface area (Å²) < 4.78 is 4.63. The number of methoxy groups -OCH3 is 1. The van der Waals surface area contributed by atoms with E-state index in [1.807, 2.05) is 0 Å². The first-order chi connectivity index (χ1) is 11.5. The van der Waals surface area contributed by atoms with Gasteiger partial charge in [-0.2, -0.15) is 0 Å². The van der Waals surface area contributed by atoms with Gasteiger partial charge in [-0.15, -0.1) is 0 Å². The van der Waals surface area contributed by atoms with Gasteiger partial charge < -0.3 is 15.4 Å². The zero-order valence-corrected chi connectivity index (χ0v) is 14.3. The molecule has 2 rings (SSSR count). The Morgan fingerprint density at radius 3 is 2.58 bits per heavy atom. The van der Waals surface area contributed by atoms with Crippen LogP contribution < -0.4 is 10.6 Å². The Morgan fingerprint density at radius 1 is 1.21 bits per heavy atom. The Morgan fingerprint density at radius 2 is 1.92 bits per heavy atom. The third-order valence-corrected chi connectivity index (χ3v) is 4.39. The fraction of sp³-hybridized carbons (Fsp3) is 0.471. The molecule has 7 heteroatoms. The first-order valence-electron chi connectivity index (χ1n) is 7.96. The molecular formula is C17H21ClN2O4. The van der Waals surface area contributed by atoms with E-state index in [0.29, 0.717) is 10.7 Å². The van der Waals surface area contributed by atoms with Crippen molar-refractivity contribution >= 4 is 35.1 Å². The van der Waals surface area contributed by atoms with Gasteiger partial charge in [0.15, 0.2) is 0 Å². The van der Waals surface area contributed by atoms with E-state index in [4.69, 9.17) is 11.6 Å². The minimum atomic E-state index is -0.521. The lowest BCUT2D eigenvalue weighted by molar-refractivity contribution is -0.128. The molecule has 1 aliphatic carbocycles. The zero-order chi connectivity index (χ0) is 17.5. The summed E-state index contributed by atoms with van der Waals surface area (Å²) in [7, 11) is 1.27. The van der Waals surface area contributed by atoms with Crippen LogP contribution in [-0.2, 0) is 14.3 Å². The van der Waals surface area contributed by atoms with Gasteiger partial charge in [0, 0.05) is 5.92 Å². The largest absolute Gasteiger partial charge is 0.465 e. The molecule has 1 fully saturated rings. The molecule has 0 spiro atoms. The highest BCUT2D eigenvalue weighted by Gasteiger charge is 2.21. The second kappa shape index (κ2) is 8.68. The van der Waals surface area contributed by atoms with Crippen molar-refractivity contribution in [2.75, 3.05) is 19.0 Å². The minimum absolute atomic E-state index is 0.00205. The molecule has 0 unspecified atom stereocenters. The quantitative estimate of drug-likeness (QED) is 0.798. The highest BCUT2D eigenvalue weighted by atomic mass is 35.5. The molecule has 0 heterocycles. The monoisotopic (exact) mass is 352 g/mol. The Bertz CT molecular complexity index is 627. The third-order valence-electron chi connectivity index (χ3n) is 4.06. The van der Waals surface area contributed by atoms with Gasteiger partial charge in [-0.3, -0.25) is 9.59 Å². The maximum absolute atomic E-state index is 12.0. The number of amides is 2. The van der Waals surface area contributed by atoms with Gasteiger partial charge in [-0.05, 0) is 31.0 Å². The fourth-order valence-corrected chi connectivity index (χ4v) is 2.90. The molecule has 1 aliphatic rings. The molecule has 1 aromatic rings. The molecule has 24 heavy (non-hydrogen) atoms. The van der Waals surface area contributed by atoms with Crippen LogP contribution in [-0.4, -0.2) is 31.4 Å². The lowest BCUT2D eigenvalue weighted by Crippen LogP contribution is -2.37. The highest BCUT2D eigenvalue weighted by Crippen LogP contribution is 2.24. The SMILES string of the molecule is COC(=O)c1ccc(Cl)c(NC(=O)CNC(=O)C2CCCCC2)c1. The lowest BCUT2D eigenvalue weighted by atomic mass is 9.89. The number of esters is 1. The van der Waals surface area contributed by atoms with Crippen LogP contribution in [0.5, 0.6) is 0 Å². The van der Waals surface area contributed by atoms with E-state index >= 15 is 0 Å². The van der Waals surface area contributed by atoms with Gasteiger partial charge >= 0.3 is 5.97 Å². The number of nitrogens with one attached hydrogen (secondary N) is 2. The summed E-state index contributed by atoms with van der Waals surface area (Å²) in [6.45, 7) is -0.131. The summed E-state index contributed by atoms with van der Waals surface area (Å²) in [5.74, 6) is -1.01. The van der Waals surface area contributed by atoms with Crippen molar-refractivity contribution in [2.24, 2.45) is 5.92 Å². The number of carbonyl (C=O) groups excluding carboxylic acids is 3. The number of benzene rings is 1. The average molecular weight is 353 g/mol. The van der Waals surface area contributed by atoms with Crippen LogP contribution in [0.3, 0.4) is 0 Å². The standard InChI is InChI=1S/C17H21ClN2O4/c1-24-17(23)12-7-8-13(18)14(9-12)20-15(21)10-19-16(22)11-5-3-2-4-6-11/h7-9,11H,2-6,10H2,1H3,(H,19,22)(H,20,21). The molecule has 2 amide bonds. The summed E-state index contributed by atoms with van der Waals surface area (Å²) in [6.07, 6.45) is 5.03. The average Bonchev–Trinajstić information content (AvgIpc) is 2.61. The Hall–Kier alpha value is -2.08. The van der Waals surface area contributed by atoms with Crippen molar-refractivity contribution in [3.8, 4) is 0 Å². The molecule has 1 saturated carbocycles. The summed E-state index contributed by atoms with van der Waals surface area (Å²) in [5.41, 5.74) is 0.583. The normalized spacial score (nSPS) is 14.8. The van der Waals surface area contributed by atoms with Gasteiger partial charge in [0.1, 0.15) is 0 Å². The summed E-state index contributed by atoms with van der Waals surface area (Å²) in [6, 6.07) is 4.45. The van der Waals surface area contributed by atoms with E-state index in [-0.39, 0.29) is 23.9 Å². The van der Waals surface area contributed by atoms with Gasteiger partial charge in [0.25, 0.3) is 0 Å². The zero-order valence-electron chi connectivity index (χ0n) is 13.6. The summed E-state index contributed by atoms with van der Waals surface area (Å²) in [4.78, 5) is 35.5. The van der Waals surface area contributed by atoms with Gasteiger partial charge in [-0.1, -0.05) is 30.9 Å². The van der Waals surface area contributed by atoms with E-state index in [0.717, 1.165) is 25.7 Å². The predicted octanol–water partition coefficient (Wildman–Crippen LogP) is 2.76. The van der Waals surface area contributed by atoms with Crippen molar-refractivity contribution in [3.63, 3.8) is 0 Å². The summed E-state index contributed by atoms with van der Waals surface area (Å²) >= 11 is 6.02. The van der Waals surface area contributed by atoms with E-state index in [1.54, 1.807) is 0 Å². The molecule has 6 nitrogen and oxygen atoms in total. The molecule has 0 atom stereocenters. The second-order valence-electron chi connectivity index (χ2n) is 5.79. The molecule has 2 N–H and O–H groups in total. The van der Waals surface area contributed by atoms with Crippen molar-refractivity contribution in [2.45, 2.75) is 32.1 Å². The van der Waals surface area contributed by atoms with Crippen LogP contribution in [0, 0.1) is 5.92 Å². The van der Waals surface area contributed by atoms with Crippen LogP contribution in [0.25, 0.3) is 0 Å². The van der Waals surface area contributed by atoms with E-state index in [9.17, 15) is 14.4 Å². The molecule has 0 aliphatic heterocycles. The van der Waals surface area contributed by atoms with E-state index in [1.165, 1.54) is 31.7 Å². The summed E-state index contributed by atoms with van der Waals surface area (Å²) in [5, 5.41) is 5.55.